The molecule has 0 aliphatic carbocycles. The number of carbonyl (C=O) groups is 2. The van der Waals surface area contributed by atoms with Gasteiger partial charge in [-0.05, 0) is 45.7 Å². The molecule has 0 atom stereocenters. The highest BCUT2D eigenvalue weighted by Gasteiger charge is 2.37. The molecule has 2 heterocycles. The van der Waals surface area contributed by atoms with Gasteiger partial charge in [0.2, 0.25) is 15.9 Å². The average molecular weight is 494 g/mol. The number of carbonyl (C=O) groups excluding carboxylic acids is 2. The summed E-state index contributed by atoms with van der Waals surface area (Å²) in [4.78, 5) is 28.2. The van der Waals surface area contributed by atoms with Gasteiger partial charge in [-0.3, -0.25) is 4.79 Å². The number of hydrogen-bond acceptors (Lipinski definition) is 7. The Morgan fingerprint density at radius 2 is 1.79 bits per heavy atom. The highest BCUT2D eigenvalue weighted by Crippen LogP contribution is 2.32. The van der Waals surface area contributed by atoms with E-state index in [1.807, 2.05) is 0 Å². The number of amides is 1. The number of rotatable bonds is 8. The summed E-state index contributed by atoms with van der Waals surface area (Å²) in [5.74, 6) is -0.174. The molecule has 1 aliphatic rings. The first kappa shape index (κ1) is 25.6. The molecular weight excluding hydrogens is 462 g/mol. The van der Waals surface area contributed by atoms with Crippen LogP contribution in [-0.2, 0) is 19.6 Å². The number of ether oxygens (including phenoxy) is 3. The quantitative estimate of drug-likeness (QED) is 0.541. The molecule has 1 aromatic heterocycles. The van der Waals surface area contributed by atoms with Crippen molar-refractivity contribution in [1.29, 1.82) is 0 Å². The van der Waals surface area contributed by atoms with Crippen LogP contribution in [0.2, 0.25) is 0 Å². The predicted molar refractivity (Wildman–Crippen MR) is 126 cm³/mol. The SMILES string of the molecule is CCOC(=O)c1c(C)[nH]c(C)c1S(=O)(=O)N1CCC(C(=O)Nc2ccc(OC)cc2OC)CC1. The van der Waals surface area contributed by atoms with Crippen LogP contribution in [0.5, 0.6) is 11.5 Å². The second-order valence-corrected chi connectivity index (χ2v) is 9.91. The maximum Gasteiger partial charge on any atom is 0.341 e. The molecule has 1 aromatic carbocycles. The number of aromatic amines is 1. The first-order valence-corrected chi connectivity index (χ1v) is 12.5. The maximum absolute atomic E-state index is 13.4. The van der Waals surface area contributed by atoms with Crippen molar-refractivity contribution in [3.8, 4) is 11.5 Å². The molecule has 11 heteroatoms. The molecule has 1 amide bonds. The van der Waals surface area contributed by atoms with Crippen LogP contribution >= 0.6 is 0 Å². The summed E-state index contributed by atoms with van der Waals surface area (Å²) in [6, 6.07) is 5.09. The number of aromatic nitrogens is 1. The first-order chi connectivity index (χ1) is 16.1. The molecule has 2 aromatic rings. The minimum atomic E-state index is -3.96. The normalized spacial score (nSPS) is 15.1. The topological polar surface area (TPSA) is 127 Å². The van der Waals surface area contributed by atoms with E-state index < -0.39 is 16.0 Å². The smallest absolute Gasteiger partial charge is 0.341 e. The average Bonchev–Trinajstić information content (AvgIpc) is 3.13. The highest BCUT2D eigenvalue weighted by atomic mass is 32.2. The van der Waals surface area contributed by atoms with Gasteiger partial charge in [-0.15, -0.1) is 0 Å². The van der Waals surface area contributed by atoms with Crippen LogP contribution < -0.4 is 14.8 Å². The van der Waals surface area contributed by atoms with Gasteiger partial charge in [-0.1, -0.05) is 0 Å². The molecule has 0 saturated carbocycles. The molecule has 34 heavy (non-hydrogen) atoms. The Kier molecular flexibility index (Phi) is 7.88. The van der Waals surface area contributed by atoms with E-state index in [4.69, 9.17) is 14.2 Å². The molecule has 0 spiro atoms. The Balaban J connectivity index is 1.73. The second-order valence-electron chi connectivity index (χ2n) is 8.03. The van der Waals surface area contributed by atoms with Crippen molar-refractivity contribution in [1.82, 2.24) is 9.29 Å². The molecule has 10 nitrogen and oxygen atoms in total. The largest absolute Gasteiger partial charge is 0.497 e. The summed E-state index contributed by atoms with van der Waals surface area (Å²) in [7, 11) is -0.911. The first-order valence-electron chi connectivity index (χ1n) is 11.0. The van der Waals surface area contributed by atoms with Gasteiger partial charge in [0.15, 0.2) is 0 Å². The molecule has 0 unspecified atom stereocenters. The lowest BCUT2D eigenvalue weighted by atomic mass is 9.97. The van der Waals surface area contributed by atoms with Gasteiger partial charge in [0, 0.05) is 36.5 Å². The van der Waals surface area contributed by atoms with Crippen LogP contribution in [-0.4, -0.2) is 63.5 Å². The minimum Gasteiger partial charge on any atom is -0.497 e. The number of nitrogens with one attached hydrogen (secondary N) is 2. The number of sulfonamides is 1. The second kappa shape index (κ2) is 10.5. The Morgan fingerprint density at radius 3 is 2.38 bits per heavy atom. The zero-order valence-corrected chi connectivity index (χ0v) is 20.9. The monoisotopic (exact) mass is 493 g/mol. The van der Waals surface area contributed by atoms with E-state index in [0.29, 0.717) is 41.4 Å². The number of piperidine rings is 1. The summed E-state index contributed by atoms with van der Waals surface area (Å²) in [6.45, 7) is 5.38. The molecule has 1 saturated heterocycles. The molecule has 3 rings (SSSR count). The zero-order valence-electron chi connectivity index (χ0n) is 20.1. The van der Waals surface area contributed by atoms with Crippen LogP contribution in [0, 0.1) is 19.8 Å². The van der Waals surface area contributed by atoms with Crippen molar-refractivity contribution in [3.63, 3.8) is 0 Å². The van der Waals surface area contributed by atoms with Gasteiger partial charge in [0.25, 0.3) is 0 Å². The molecule has 2 N–H and O–H groups in total. The Bertz CT molecular complexity index is 1170. The van der Waals surface area contributed by atoms with Crippen molar-refractivity contribution >= 4 is 27.6 Å². The Labute approximate surface area is 199 Å². The third-order valence-electron chi connectivity index (χ3n) is 5.89. The van der Waals surface area contributed by atoms with Gasteiger partial charge >= 0.3 is 5.97 Å². The number of nitrogens with zero attached hydrogens (tertiary/aromatic N) is 1. The maximum atomic E-state index is 13.4. The van der Waals surface area contributed by atoms with Crippen LogP contribution in [0.1, 0.15) is 41.5 Å². The third kappa shape index (κ3) is 5.05. The van der Waals surface area contributed by atoms with Gasteiger partial charge < -0.3 is 24.5 Å². The summed E-state index contributed by atoms with van der Waals surface area (Å²) < 4.78 is 43.8. The number of H-pyrrole nitrogens is 1. The van der Waals surface area contributed by atoms with Crippen LogP contribution in [0.4, 0.5) is 5.69 Å². The number of benzene rings is 1. The molecule has 1 fully saturated rings. The zero-order chi connectivity index (χ0) is 25.0. The number of aryl methyl sites for hydroxylation is 2. The molecule has 0 bridgehead atoms. The third-order valence-corrected chi connectivity index (χ3v) is 7.96. The Hall–Kier alpha value is -3.05. The van der Waals surface area contributed by atoms with E-state index in [-0.39, 0.29) is 42.0 Å². The van der Waals surface area contributed by atoms with E-state index >= 15 is 0 Å². The van der Waals surface area contributed by atoms with Crippen LogP contribution in [0.25, 0.3) is 0 Å². The summed E-state index contributed by atoms with van der Waals surface area (Å²) in [5, 5.41) is 2.86. The van der Waals surface area contributed by atoms with Crippen molar-refractivity contribution in [2.24, 2.45) is 5.92 Å². The van der Waals surface area contributed by atoms with E-state index in [2.05, 4.69) is 10.3 Å². The van der Waals surface area contributed by atoms with Crippen LogP contribution in [0.3, 0.4) is 0 Å². The van der Waals surface area contributed by atoms with E-state index in [9.17, 15) is 18.0 Å². The lowest BCUT2D eigenvalue weighted by molar-refractivity contribution is -0.120. The van der Waals surface area contributed by atoms with Crippen LogP contribution in [0.15, 0.2) is 23.1 Å². The number of hydrogen-bond donors (Lipinski definition) is 2. The minimum absolute atomic E-state index is 0.0332. The van der Waals surface area contributed by atoms with Crippen molar-refractivity contribution in [2.45, 2.75) is 38.5 Å². The lowest BCUT2D eigenvalue weighted by Crippen LogP contribution is -2.41. The fraction of sp³-hybridized carbons (Fsp3) is 0.478. The summed E-state index contributed by atoms with van der Waals surface area (Å²) in [5.41, 5.74) is 1.37. The molecule has 0 radical (unpaired) electrons. The Morgan fingerprint density at radius 1 is 1.12 bits per heavy atom. The summed E-state index contributed by atoms with van der Waals surface area (Å²) in [6.07, 6.45) is 0.696. The van der Waals surface area contributed by atoms with E-state index in [1.54, 1.807) is 46.1 Å². The highest BCUT2D eigenvalue weighted by molar-refractivity contribution is 7.89. The van der Waals surface area contributed by atoms with Crippen molar-refractivity contribution in [3.05, 3.63) is 35.2 Å². The summed E-state index contributed by atoms with van der Waals surface area (Å²) >= 11 is 0. The van der Waals surface area contributed by atoms with Gasteiger partial charge in [-0.25, -0.2) is 13.2 Å². The fourth-order valence-corrected chi connectivity index (χ4v) is 6.04. The number of esters is 1. The fourth-order valence-electron chi connectivity index (χ4n) is 4.15. The molecule has 186 valence electrons. The lowest BCUT2D eigenvalue weighted by Gasteiger charge is -2.30. The van der Waals surface area contributed by atoms with Crippen molar-refractivity contribution in [2.75, 3.05) is 39.2 Å². The standard InChI is InChI=1S/C23H31N3O7S/c1-6-33-23(28)20-14(2)24-15(3)21(20)34(29,30)26-11-9-16(10-12-26)22(27)25-18-8-7-17(31-4)13-19(18)32-5/h7-8,13,16,24H,6,9-12H2,1-5H3,(H,25,27). The van der Waals surface area contributed by atoms with Crippen molar-refractivity contribution < 1.29 is 32.2 Å². The predicted octanol–water partition coefficient (Wildman–Crippen LogP) is 2.86. The van der Waals surface area contributed by atoms with E-state index in [1.165, 1.54) is 11.4 Å². The van der Waals surface area contributed by atoms with Gasteiger partial charge in [0.1, 0.15) is 22.0 Å². The molecule has 1 aliphatic heterocycles. The van der Waals surface area contributed by atoms with Gasteiger partial charge in [-0.2, -0.15) is 4.31 Å². The number of anilines is 1. The number of methoxy groups -OCH3 is 2. The van der Waals surface area contributed by atoms with E-state index in [0.717, 1.165) is 0 Å². The molecular formula is C23H31N3O7S. The van der Waals surface area contributed by atoms with Gasteiger partial charge in [0.05, 0.1) is 26.5 Å².